The third-order valence-corrected chi connectivity index (χ3v) is 3.55. The van der Waals surface area contributed by atoms with Crippen molar-refractivity contribution in [1.29, 1.82) is 0 Å². The van der Waals surface area contributed by atoms with Gasteiger partial charge in [-0.1, -0.05) is 27.7 Å². The first-order chi connectivity index (χ1) is 5.38. The van der Waals surface area contributed by atoms with Crippen LogP contribution in [0.4, 0.5) is 0 Å². The van der Waals surface area contributed by atoms with E-state index in [0.29, 0.717) is 17.3 Å². The van der Waals surface area contributed by atoms with Gasteiger partial charge in [-0.3, -0.25) is 0 Å². The molecule has 1 saturated carbocycles. The van der Waals surface area contributed by atoms with Crippen molar-refractivity contribution in [2.75, 3.05) is 13.2 Å². The third kappa shape index (κ3) is 1.27. The molecule has 1 rings (SSSR count). The van der Waals surface area contributed by atoms with Crippen LogP contribution in [-0.4, -0.2) is 18.3 Å². The Hall–Kier alpha value is -0.0800. The molecule has 72 valence electrons. The summed E-state index contributed by atoms with van der Waals surface area (Å²) in [5.74, 6) is 1.18. The molecule has 2 unspecified atom stereocenters. The van der Waals surface area contributed by atoms with Crippen LogP contribution in [0.25, 0.3) is 0 Å². The molecule has 1 fully saturated rings. The summed E-state index contributed by atoms with van der Waals surface area (Å²) in [7, 11) is 0. The molecule has 0 aliphatic heterocycles. The van der Waals surface area contributed by atoms with Gasteiger partial charge in [0.2, 0.25) is 0 Å². The summed E-state index contributed by atoms with van der Waals surface area (Å²) in [5, 5.41) is 9.21. The van der Waals surface area contributed by atoms with Crippen molar-refractivity contribution in [3.8, 4) is 0 Å². The lowest BCUT2D eigenvalue weighted by Gasteiger charge is -2.23. The Labute approximate surface area is 75.2 Å². The summed E-state index contributed by atoms with van der Waals surface area (Å²) in [6.07, 6.45) is 0. The molecule has 2 atom stereocenters. The SMILES string of the molecule is CC(C)(CO)C1C(CN)C1(C)C. The van der Waals surface area contributed by atoms with Gasteiger partial charge < -0.3 is 10.8 Å². The zero-order valence-corrected chi connectivity index (χ0v) is 8.59. The van der Waals surface area contributed by atoms with E-state index >= 15 is 0 Å². The van der Waals surface area contributed by atoms with Crippen LogP contribution in [0.3, 0.4) is 0 Å². The van der Waals surface area contributed by atoms with Crippen molar-refractivity contribution in [3.05, 3.63) is 0 Å². The maximum Gasteiger partial charge on any atom is 0.0485 e. The topological polar surface area (TPSA) is 46.2 Å². The van der Waals surface area contributed by atoms with Crippen molar-refractivity contribution in [2.24, 2.45) is 28.4 Å². The summed E-state index contributed by atoms with van der Waals surface area (Å²) in [6.45, 7) is 9.74. The van der Waals surface area contributed by atoms with E-state index in [4.69, 9.17) is 5.73 Å². The Kier molecular flexibility index (Phi) is 2.26. The van der Waals surface area contributed by atoms with Gasteiger partial charge >= 0.3 is 0 Å². The van der Waals surface area contributed by atoms with Crippen molar-refractivity contribution >= 4 is 0 Å². The van der Waals surface area contributed by atoms with Gasteiger partial charge in [0.25, 0.3) is 0 Å². The van der Waals surface area contributed by atoms with Gasteiger partial charge in [0.05, 0.1) is 0 Å². The maximum atomic E-state index is 9.21. The number of aliphatic hydroxyl groups is 1. The van der Waals surface area contributed by atoms with Gasteiger partial charge in [0, 0.05) is 6.61 Å². The minimum absolute atomic E-state index is 0.0353. The zero-order valence-electron chi connectivity index (χ0n) is 8.59. The van der Waals surface area contributed by atoms with Crippen LogP contribution in [0.2, 0.25) is 0 Å². The number of aliphatic hydroxyl groups excluding tert-OH is 1. The first-order valence-corrected chi connectivity index (χ1v) is 4.69. The fourth-order valence-electron chi connectivity index (χ4n) is 2.83. The molecule has 0 aromatic rings. The highest BCUT2D eigenvalue weighted by Crippen LogP contribution is 2.64. The molecule has 0 aromatic carbocycles. The second kappa shape index (κ2) is 2.71. The second-order valence-electron chi connectivity index (χ2n) is 5.29. The van der Waals surface area contributed by atoms with Crippen LogP contribution in [0.1, 0.15) is 27.7 Å². The van der Waals surface area contributed by atoms with Crippen molar-refractivity contribution in [3.63, 3.8) is 0 Å². The van der Waals surface area contributed by atoms with Gasteiger partial charge in [-0.05, 0) is 29.2 Å². The molecule has 3 N–H and O–H groups in total. The molecular formula is C10H21NO. The quantitative estimate of drug-likeness (QED) is 0.671. The second-order valence-corrected chi connectivity index (χ2v) is 5.29. The molecule has 0 saturated heterocycles. The third-order valence-electron chi connectivity index (χ3n) is 3.55. The van der Waals surface area contributed by atoms with E-state index in [1.807, 2.05) is 0 Å². The van der Waals surface area contributed by atoms with Gasteiger partial charge in [-0.25, -0.2) is 0 Å². The maximum absolute atomic E-state index is 9.21. The molecule has 2 nitrogen and oxygen atoms in total. The molecule has 0 heterocycles. The number of nitrogens with two attached hydrogens (primary N) is 1. The van der Waals surface area contributed by atoms with Crippen LogP contribution in [0.15, 0.2) is 0 Å². The summed E-state index contributed by atoms with van der Waals surface area (Å²) in [6, 6.07) is 0. The average Bonchev–Trinajstić information content (AvgIpc) is 2.53. The van der Waals surface area contributed by atoms with Crippen LogP contribution in [-0.2, 0) is 0 Å². The molecular weight excluding hydrogens is 150 g/mol. The minimum Gasteiger partial charge on any atom is -0.396 e. The van der Waals surface area contributed by atoms with Crippen molar-refractivity contribution < 1.29 is 5.11 Å². The average molecular weight is 171 g/mol. The smallest absolute Gasteiger partial charge is 0.0485 e. The first kappa shape index (κ1) is 10.0. The molecule has 0 amide bonds. The summed E-state index contributed by atoms with van der Waals surface area (Å²) in [5.41, 5.74) is 6.04. The summed E-state index contributed by atoms with van der Waals surface area (Å²) in [4.78, 5) is 0. The van der Waals surface area contributed by atoms with Crippen LogP contribution >= 0.6 is 0 Å². The normalized spacial score (nSPS) is 33.5. The summed E-state index contributed by atoms with van der Waals surface area (Å²) < 4.78 is 0. The molecule has 0 aromatic heterocycles. The van der Waals surface area contributed by atoms with Gasteiger partial charge in [0.1, 0.15) is 0 Å². The molecule has 12 heavy (non-hydrogen) atoms. The van der Waals surface area contributed by atoms with Gasteiger partial charge in [-0.2, -0.15) is 0 Å². The molecule has 0 spiro atoms. The lowest BCUT2D eigenvalue weighted by atomic mass is 9.84. The van der Waals surface area contributed by atoms with Crippen LogP contribution < -0.4 is 5.73 Å². The van der Waals surface area contributed by atoms with E-state index < -0.39 is 0 Å². The molecule has 1 aliphatic carbocycles. The number of rotatable bonds is 3. The van der Waals surface area contributed by atoms with E-state index in [9.17, 15) is 5.11 Å². The number of hydrogen-bond donors (Lipinski definition) is 2. The Morgan fingerprint density at radius 1 is 1.42 bits per heavy atom. The number of hydrogen-bond acceptors (Lipinski definition) is 2. The monoisotopic (exact) mass is 171 g/mol. The molecule has 0 radical (unpaired) electrons. The fraction of sp³-hybridized carbons (Fsp3) is 1.00. The summed E-state index contributed by atoms with van der Waals surface area (Å²) >= 11 is 0. The highest BCUT2D eigenvalue weighted by Gasteiger charge is 2.62. The fourth-order valence-corrected chi connectivity index (χ4v) is 2.83. The highest BCUT2D eigenvalue weighted by atomic mass is 16.3. The van der Waals surface area contributed by atoms with Crippen molar-refractivity contribution in [2.45, 2.75) is 27.7 Å². The molecule has 2 heteroatoms. The van der Waals surface area contributed by atoms with Gasteiger partial charge in [0.15, 0.2) is 0 Å². The lowest BCUT2D eigenvalue weighted by Crippen LogP contribution is -2.23. The highest BCUT2D eigenvalue weighted by molar-refractivity contribution is 5.10. The van der Waals surface area contributed by atoms with Crippen molar-refractivity contribution in [1.82, 2.24) is 0 Å². The van der Waals surface area contributed by atoms with Gasteiger partial charge in [-0.15, -0.1) is 0 Å². The lowest BCUT2D eigenvalue weighted by molar-refractivity contribution is 0.121. The standard InChI is InChI=1S/C10H21NO/c1-9(2,6-12)8-7(5-11)10(8,3)4/h7-8,12H,5-6,11H2,1-4H3. The molecule has 0 bridgehead atoms. The predicted octanol–water partition coefficient (Wildman–Crippen LogP) is 1.24. The zero-order chi connectivity index (χ0) is 9.57. The van der Waals surface area contributed by atoms with Crippen LogP contribution in [0.5, 0.6) is 0 Å². The van der Waals surface area contributed by atoms with E-state index in [1.165, 1.54) is 0 Å². The largest absolute Gasteiger partial charge is 0.396 e. The molecule has 1 aliphatic rings. The Morgan fingerprint density at radius 3 is 2.17 bits per heavy atom. The van der Waals surface area contributed by atoms with E-state index in [1.54, 1.807) is 0 Å². The predicted molar refractivity (Wildman–Crippen MR) is 50.7 cm³/mol. The Bertz CT molecular complexity index is 175. The van der Waals surface area contributed by atoms with Crippen LogP contribution in [0, 0.1) is 22.7 Å². The Balaban J connectivity index is 2.69. The first-order valence-electron chi connectivity index (χ1n) is 4.69. The Morgan fingerprint density at radius 2 is 1.92 bits per heavy atom. The van der Waals surface area contributed by atoms with E-state index in [2.05, 4.69) is 27.7 Å². The van der Waals surface area contributed by atoms with E-state index in [-0.39, 0.29) is 12.0 Å². The minimum atomic E-state index is 0.0353. The van der Waals surface area contributed by atoms with E-state index in [0.717, 1.165) is 6.54 Å².